The number of aliphatic hydroxyl groups excluding tert-OH is 2. The molecule has 0 saturated heterocycles. The van der Waals surface area contributed by atoms with Crippen molar-refractivity contribution in [1.29, 1.82) is 0 Å². The molecule has 1 fully saturated rings. The zero-order valence-corrected chi connectivity index (χ0v) is 18.1. The van der Waals surface area contributed by atoms with Gasteiger partial charge in [-0.3, -0.25) is 4.79 Å². The summed E-state index contributed by atoms with van der Waals surface area (Å²) in [4.78, 5) is 11.1. The van der Waals surface area contributed by atoms with Crippen LogP contribution < -0.4 is 0 Å². The Balaban J connectivity index is 2.53. The highest BCUT2D eigenvalue weighted by Gasteiger charge is 2.40. The predicted molar refractivity (Wildman–Crippen MR) is 112 cm³/mol. The molecule has 1 rings (SSSR count). The van der Waals surface area contributed by atoms with Crippen LogP contribution in [0.1, 0.15) is 84.5 Å². The zero-order chi connectivity index (χ0) is 21.0. The Hall–Kier alpha value is -0.910. The van der Waals surface area contributed by atoms with Gasteiger partial charge in [-0.1, -0.05) is 57.6 Å². The molecule has 0 aromatic carbocycles. The van der Waals surface area contributed by atoms with Gasteiger partial charge in [-0.2, -0.15) is 0 Å². The molecule has 0 bridgehead atoms. The molecule has 164 valence electrons. The highest BCUT2D eigenvalue weighted by atomic mass is 16.5. The van der Waals surface area contributed by atoms with Gasteiger partial charge >= 0.3 is 5.97 Å². The van der Waals surface area contributed by atoms with E-state index >= 15 is 0 Å². The summed E-state index contributed by atoms with van der Waals surface area (Å²) in [7, 11) is 1.41. The van der Waals surface area contributed by atoms with Gasteiger partial charge in [0.2, 0.25) is 0 Å². The van der Waals surface area contributed by atoms with Crippen molar-refractivity contribution in [2.75, 3.05) is 13.7 Å². The van der Waals surface area contributed by atoms with Crippen molar-refractivity contribution in [1.82, 2.24) is 0 Å². The summed E-state index contributed by atoms with van der Waals surface area (Å²) in [6.07, 6.45) is 13.3. The Bertz CT molecular complexity index is 460. The minimum atomic E-state index is -0.832. The molecular weight excluding hydrogens is 356 g/mol. The second-order valence-electron chi connectivity index (χ2n) is 8.69. The van der Waals surface area contributed by atoms with E-state index in [1.54, 1.807) is 0 Å². The molecule has 0 radical (unpaired) electrons. The number of ether oxygens (including phenoxy) is 1. The van der Waals surface area contributed by atoms with Crippen molar-refractivity contribution in [2.24, 2.45) is 17.8 Å². The van der Waals surface area contributed by atoms with Crippen LogP contribution in [0.4, 0.5) is 0 Å². The number of rotatable bonds is 14. The lowest BCUT2D eigenvalue weighted by Crippen LogP contribution is -2.24. The fraction of sp³-hybridized carbons (Fsp3) is 0.870. The summed E-state index contributed by atoms with van der Waals surface area (Å²) in [5.74, 6) is 0.128. The molecule has 1 unspecified atom stereocenters. The van der Waals surface area contributed by atoms with E-state index in [1.165, 1.54) is 7.11 Å². The fourth-order valence-corrected chi connectivity index (χ4v) is 4.37. The highest BCUT2D eigenvalue weighted by Crippen LogP contribution is 2.41. The maximum Gasteiger partial charge on any atom is 0.305 e. The van der Waals surface area contributed by atoms with E-state index in [0.29, 0.717) is 12.8 Å². The molecule has 0 aliphatic heterocycles. The van der Waals surface area contributed by atoms with Gasteiger partial charge in [-0.25, -0.2) is 0 Å². The van der Waals surface area contributed by atoms with Gasteiger partial charge in [-0.15, -0.1) is 0 Å². The normalized spacial score (nSPS) is 27.2. The van der Waals surface area contributed by atoms with Gasteiger partial charge in [0.1, 0.15) is 0 Å². The van der Waals surface area contributed by atoms with Gasteiger partial charge in [0, 0.05) is 13.0 Å². The van der Waals surface area contributed by atoms with Gasteiger partial charge in [0.05, 0.1) is 18.8 Å². The molecule has 0 spiro atoms. The van der Waals surface area contributed by atoms with Crippen LogP contribution in [-0.4, -0.2) is 46.7 Å². The molecule has 3 N–H and O–H groups in total. The summed E-state index contributed by atoms with van der Waals surface area (Å²) >= 11 is 0. The Morgan fingerprint density at radius 2 is 1.89 bits per heavy atom. The van der Waals surface area contributed by atoms with Crippen LogP contribution >= 0.6 is 0 Å². The van der Waals surface area contributed by atoms with E-state index in [0.717, 1.165) is 57.8 Å². The fourth-order valence-electron chi connectivity index (χ4n) is 4.37. The average molecular weight is 399 g/mol. The van der Waals surface area contributed by atoms with E-state index in [4.69, 9.17) is 0 Å². The number of allylic oxidation sites excluding steroid dienone is 1. The molecule has 5 atom stereocenters. The van der Waals surface area contributed by atoms with E-state index in [1.807, 2.05) is 19.1 Å². The van der Waals surface area contributed by atoms with Gasteiger partial charge in [0.15, 0.2) is 0 Å². The van der Waals surface area contributed by atoms with Gasteiger partial charge in [0.25, 0.3) is 0 Å². The van der Waals surface area contributed by atoms with E-state index in [2.05, 4.69) is 11.7 Å². The average Bonchev–Trinajstić information content (AvgIpc) is 2.97. The second-order valence-corrected chi connectivity index (χ2v) is 8.69. The maximum absolute atomic E-state index is 11.1. The second kappa shape index (κ2) is 13.3. The van der Waals surface area contributed by atoms with E-state index < -0.39 is 11.7 Å². The van der Waals surface area contributed by atoms with Crippen LogP contribution in [0.15, 0.2) is 12.2 Å². The van der Waals surface area contributed by atoms with Crippen LogP contribution in [-0.2, 0) is 9.53 Å². The summed E-state index contributed by atoms with van der Waals surface area (Å²) in [6.45, 7) is 4.06. The molecule has 0 amide bonds. The van der Waals surface area contributed by atoms with Crippen LogP contribution in [0, 0.1) is 17.8 Å². The van der Waals surface area contributed by atoms with Gasteiger partial charge in [-0.05, 0) is 50.4 Å². The van der Waals surface area contributed by atoms with Crippen molar-refractivity contribution in [3.8, 4) is 0 Å². The van der Waals surface area contributed by atoms with Crippen molar-refractivity contribution in [3.63, 3.8) is 0 Å². The number of hydrogen-bond donors (Lipinski definition) is 3. The Labute approximate surface area is 171 Å². The Morgan fingerprint density at radius 1 is 1.18 bits per heavy atom. The maximum atomic E-state index is 11.1. The van der Waals surface area contributed by atoms with Crippen molar-refractivity contribution in [2.45, 2.75) is 96.2 Å². The third-order valence-corrected chi connectivity index (χ3v) is 6.17. The SMILES string of the molecule is CCCCCC(C)(O)C=C[C@H]1[C@H](CO)C[C@@H](O)[C@@H]1CCCCCCC(=O)OC. The molecule has 1 aliphatic carbocycles. The molecule has 0 aromatic rings. The quantitative estimate of drug-likeness (QED) is 0.234. The lowest BCUT2D eigenvalue weighted by atomic mass is 9.84. The number of methoxy groups -OCH3 is 1. The van der Waals surface area contributed by atoms with E-state index in [9.17, 15) is 20.1 Å². The zero-order valence-electron chi connectivity index (χ0n) is 18.1. The first-order chi connectivity index (χ1) is 13.3. The number of carbonyl (C=O) groups is 1. The molecule has 0 heterocycles. The minimum Gasteiger partial charge on any atom is -0.469 e. The monoisotopic (exact) mass is 398 g/mol. The smallest absolute Gasteiger partial charge is 0.305 e. The first kappa shape index (κ1) is 25.1. The molecule has 1 aliphatic rings. The van der Waals surface area contributed by atoms with Crippen molar-refractivity contribution >= 4 is 5.97 Å². The van der Waals surface area contributed by atoms with Crippen molar-refractivity contribution in [3.05, 3.63) is 12.2 Å². The number of esters is 1. The number of hydrogen-bond acceptors (Lipinski definition) is 5. The van der Waals surface area contributed by atoms with Crippen LogP contribution in [0.25, 0.3) is 0 Å². The summed E-state index contributed by atoms with van der Waals surface area (Å²) in [5.41, 5.74) is -0.832. The molecule has 5 nitrogen and oxygen atoms in total. The molecule has 5 heteroatoms. The first-order valence-electron chi connectivity index (χ1n) is 11.1. The largest absolute Gasteiger partial charge is 0.469 e. The summed E-state index contributed by atoms with van der Waals surface area (Å²) in [6, 6.07) is 0. The van der Waals surface area contributed by atoms with Gasteiger partial charge < -0.3 is 20.1 Å². The Kier molecular flexibility index (Phi) is 12.0. The van der Waals surface area contributed by atoms with Crippen molar-refractivity contribution < 1.29 is 24.9 Å². The van der Waals surface area contributed by atoms with E-state index in [-0.39, 0.29) is 30.3 Å². The number of carbonyl (C=O) groups excluding carboxylic acids is 1. The molecule has 28 heavy (non-hydrogen) atoms. The van der Waals surface area contributed by atoms with Crippen LogP contribution in [0.2, 0.25) is 0 Å². The Morgan fingerprint density at radius 3 is 2.54 bits per heavy atom. The lowest BCUT2D eigenvalue weighted by Gasteiger charge is -2.25. The standard InChI is InChI=1S/C23H42O5/c1-4-5-10-14-23(2,27)15-13-19-18(17-24)16-21(25)20(19)11-8-6-7-9-12-22(26)28-3/h13,15,18-21,24-25,27H,4-12,14,16-17H2,1-3H3/t18-,19-,20+,21+,23?/m0/s1. The summed E-state index contributed by atoms with van der Waals surface area (Å²) in [5, 5.41) is 30.8. The van der Waals surface area contributed by atoms with Crippen LogP contribution in [0.5, 0.6) is 0 Å². The highest BCUT2D eigenvalue weighted by molar-refractivity contribution is 5.68. The first-order valence-corrected chi connectivity index (χ1v) is 11.1. The number of aliphatic hydroxyl groups is 3. The topological polar surface area (TPSA) is 87.0 Å². The molecule has 1 saturated carbocycles. The molecule has 0 aromatic heterocycles. The minimum absolute atomic E-state index is 0.0574. The number of unbranched alkanes of at least 4 members (excludes halogenated alkanes) is 5. The summed E-state index contributed by atoms with van der Waals surface area (Å²) < 4.78 is 4.65. The molecular formula is C23H42O5. The lowest BCUT2D eigenvalue weighted by molar-refractivity contribution is -0.140. The third kappa shape index (κ3) is 9.06. The third-order valence-electron chi connectivity index (χ3n) is 6.17. The predicted octanol–water partition coefficient (Wildman–Crippen LogP) is 3.99. The van der Waals surface area contributed by atoms with Crippen LogP contribution in [0.3, 0.4) is 0 Å².